The van der Waals surface area contributed by atoms with Crippen molar-refractivity contribution in [3.05, 3.63) is 46.0 Å². The van der Waals surface area contributed by atoms with Gasteiger partial charge in [-0.25, -0.2) is 4.98 Å². The Bertz CT molecular complexity index is 470. The standard InChI is InChI=1S/C11H12Cl2N4/c12-9-1-2-10(13)8(5-9)6-14-4-3-11-15-7-16-17-11/h1-2,5,7,14H,3-4,6H2,(H,15,16,17). The Hall–Kier alpha value is -1.10. The van der Waals surface area contributed by atoms with E-state index in [9.17, 15) is 0 Å². The molecule has 0 aliphatic rings. The Labute approximate surface area is 109 Å². The van der Waals surface area contributed by atoms with Crippen LogP contribution in [0.15, 0.2) is 24.5 Å². The fourth-order valence-corrected chi connectivity index (χ4v) is 1.84. The van der Waals surface area contributed by atoms with Crippen molar-refractivity contribution >= 4 is 23.2 Å². The van der Waals surface area contributed by atoms with E-state index in [2.05, 4.69) is 20.5 Å². The van der Waals surface area contributed by atoms with Crippen LogP contribution < -0.4 is 5.32 Å². The van der Waals surface area contributed by atoms with Crippen molar-refractivity contribution in [1.29, 1.82) is 0 Å². The lowest BCUT2D eigenvalue weighted by Gasteiger charge is -2.06. The predicted octanol–water partition coefficient (Wildman–Crippen LogP) is 2.44. The van der Waals surface area contributed by atoms with Gasteiger partial charge in [-0.1, -0.05) is 23.2 Å². The summed E-state index contributed by atoms with van der Waals surface area (Å²) in [6.07, 6.45) is 2.31. The minimum atomic E-state index is 0.688. The van der Waals surface area contributed by atoms with E-state index in [0.29, 0.717) is 11.6 Å². The van der Waals surface area contributed by atoms with Crippen LogP contribution >= 0.6 is 23.2 Å². The van der Waals surface area contributed by atoms with Gasteiger partial charge in [0.05, 0.1) is 0 Å². The van der Waals surface area contributed by atoms with Crippen molar-refractivity contribution in [3.8, 4) is 0 Å². The van der Waals surface area contributed by atoms with Crippen molar-refractivity contribution in [1.82, 2.24) is 20.5 Å². The molecule has 1 aromatic carbocycles. The first-order valence-corrected chi connectivity index (χ1v) is 6.00. The Morgan fingerprint density at radius 3 is 2.94 bits per heavy atom. The number of rotatable bonds is 5. The van der Waals surface area contributed by atoms with Gasteiger partial charge in [0.15, 0.2) is 0 Å². The summed E-state index contributed by atoms with van der Waals surface area (Å²) in [5.74, 6) is 0.870. The second kappa shape index (κ2) is 6.00. The molecule has 0 atom stereocenters. The fourth-order valence-electron chi connectivity index (χ4n) is 1.46. The zero-order valence-electron chi connectivity index (χ0n) is 9.08. The summed E-state index contributed by atoms with van der Waals surface area (Å²) in [6.45, 7) is 1.49. The Morgan fingerprint density at radius 1 is 1.29 bits per heavy atom. The van der Waals surface area contributed by atoms with Gasteiger partial charge in [0.1, 0.15) is 12.2 Å². The van der Waals surface area contributed by atoms with Gasteiger partial charge in [-0.2, -0.15) is 5.10 Å². The van der Waals surface area contributed by atoms with E-state index in [1.165, 1.54) is 6.33 Å². The van der Waals surface area contributed by atoms with Crippen LogP contribution in [-0.2, 0) is 13.0 Å². The van der Waals surface area contributed by atoms with Crippen molar-refractivity contribution in [2.45, 2.75) is 13.0 Å². The number of aromatic nitrogens is 3. The van der Waals surface area contributed by atoms with E-state index in [1.54, 1.807) is 12.1 Å². The zero-order valence-corrected chi connectivity index (χ0v) is 10.6. The molecule has 0 saturated heterocycles. The summed E-state index contributed by atoms with van der Waals surface area (Å²) in [7, 11) is 0. The molecule has 90 valence electrons. The normalized spacial score (nSPS) is 10.7. The predicted molar refractivity (Wildman–Crippen MR) is 68.3 cm³/mol. The number of H-pyrrole nitrogens is 1. The number of aromatic amines is 1. The highest BCUT2D eigenvalue weighted by Crippen LogP contribution is 2.20. The second-order valence-electron chi connectivity index (χ2n) is 3.59. The highest BCUT2D eigenvalue weighted by molar-refractivity contribution is 6.33. The molecule has 6 heteroatoms. The largest absolute Gasteiger partial charge is 0.312 e. The molecule has 0 unspecified atom stereocenters. The van der Waals surface area contributed by atoms with Crippen molar-refractivity contribution < 1.29 is 0 Å². The molecule has 0 saturated carbocycles. The van der Waals surface area contributed by atoms with Crippen LogP contribution in [0.4, 0.5) is 0 Å². The summed E-state index contributed by atoms with van der Waals surface area (Å²) < 4.78 is 0. The molecule has 0 aliphatic heterocycles. The van der Waals surface area contributed by atoms with Crippen LogP contribution in [0.1, 0.15) is 11.4 Å². The van der Waals surface area contributed by atoms with Crippen molar-refractivity contribution in [2.24, 2.45) is 0 Å². The molecule has 0 bridgehead atoms. The Kier molecular flexibility index (Phi) is 4.36. The lowest BCUT2D eigenvalue weighted by molar-refractivity contribution is 0.672. The summed E-state index contributed by atoms with van der Waals surface area (Å²) in [6, 6.07) is 5.45. The van der Waals surface area contributed by atoms with E-state index in [1.807, 2.05) is 6.07 Å². The minimum absolute atomic E-state index is 0.688. The SMILES string of the molecule is Clc1ccc(Cl)c(CNCCc2ncn[nH]2)c1. The maximum absolute atomic E-state index is 6.05. The third-order valence-electron chi connectivity index (χ3n) is 2.33. The summed E-state index contributed by atoms with van der Waals surface area (Å²) in [5, 5.41) is 11.3. The fraction of sp³-hybridized carbons (Fsp3) is 0.273. The first kappa shape index (κ1) is 12.4. The number of hydrogen-bond acceptors (Lipinski definition) is 3. The summed E-state index contributed by atoms with van der Waals surface area (Å²) in [4.78, 5) is 4.04. The number of benzene rings is 1. The van der Waals surface area contributed by atoms with E-state index in [-0.39, 0.29) is 0 Å². The maximum Gasteiger partial charge on any atom is 0.137 e. The molecule has 1 aromatic heterocycles. The molecular formula is C11H12Cl2N4. The zero-order chi connectivity index (χ0) is 12.1. The average Bonchev–Trinajstić information content (AvgIpc) is 2.82. The molecule has 0 amide bonds. The lowest BCUT2D eigenvalue weighted by atomic mass is 10.2. The molecule has 2 N–H and O–H groups in total. The van der Waals surface area contributed by atoms with E-state index in [4.69, 9.17) is 23.2 Å². The topological polar surface area (TPSA) is 53.6 Å². The van der Waals surface area contributed by atoms with Crippen LogP contribution in [0, 0.1) is 0 Å². The number of hydrogen-bond donors (Lipinski definition) is 2. The minimum Gasteiger partial charge on any atom is -0.312 e. The monoisotopic (exact) mass is 270 g/mol. The van der Waals surface area contributed by atoms with Gasteiger partial charge >= 0.3 is 0 Å². The third-order valence-corrected chi connectivity index (χ3v) is 2.93. The van der Waals surface area contributed by atoms with Gasteiger partial charge in [0.2, 0.25) is 0 Å². The first-order valence-electron chi connectivity index (χ1n) is 5.24. The highest BCUT2D eigenvalue weighted by atomic mass is 35.5. The molecule has 17 heavy (non-hydrogen) atoms. The van der Waals surface area contributed by atoms with Crippen LogP contribution in [0.5, 0.6) is 0 Å². The van der Waals surface area contributed by atoms with E-state index >= 15 is 0 Å². The molecule has 0 fully saturated rings. The van der Waals surface area contributed by atoms with Crippen LogP contribution in [0.25, 0.3) is 0 Å². The van der Waals surface area contributed by atoms with Gasteiger partial charge in [0, 0.05) is 29.6 Å². The average molecular weight is 271 g/mol. The van der Waals surface area contributed by atoms with E-state index < -0.39 is 0 Å². The van der Waals surface area contributed by atoms with Crippen LogP contribution in [0.2, 0.25) is 10.0 Å². The summed E-state index contributed by atoms with van der Waals surface area (Å²) in [5.41, 5.74) is 0.997. The van der Waals surface area contributed by atoms with Gasteiger partial charge in [0.25, 0.3) is 0 Å². The summed E-state index contributed by atoms with van der Waals surface area (Å²) >= 11 is 11.9. The highest BCUT2D eigenvalue weighted by Gasteiger charge is 2.01. The van der Waals surface area contributed by atoms with Gasteiger partial charge in [-0.05, 0) is 23.8 Å². The van der Waals surface area contributed by atoms with Crippen molar-refractivity contribution in [2.75, 3.05) is 6.54 Å². The molecule has 0 spiro atoms. The van der Waals surface area contributed by atoms with Crippen LogP contribution in [-0.4, -0.2) is 21.7 Å². The molecule has 1 heterocycles. The number of halogens is 2. The Morgan fingerprint density at radius 2 is 2.18 bits per heavy atom. The van der Waals surface area contributed by atoms with Gasteiger partial charge < -0.3 is 5.32 Å². The Balaban J connectivity index is 1.80. The van der Waals surface area contributed by atoms with Gasteiger partial charge in [-0.15, -0.1) is 0 Å². The number of nitrogens with zero attached hydrogens (tertiary/aromatic N) is 2. The smallest absolute Gasteiger partial charge is 0.137 e. The quantitative estimate of drug-likeness (QED) is 0.821. The van der Waals surface area contributed by atoms with Crippen molar-refractivity contribution in [3.63, 3.8) is 0 Å². The second-order valence-corrected chi connectivity index (χ2v) is 4.44. The molecule has 2 rings (SSSR count). The molecule has 0 aliphatic carbocycles. The first-order chi connectivity index (χ1) is 8.25. The van der Waals surface area contributed by atoms with Gasteiger partial charge in [-0.3, -0.25) is 5.10 Å². The maximum atomic E-state index is 6.05. The molecule has 0 radical (unpaired) electrons. The number of nitrogens with one attached hydrogen (secondary N) is 2. The molecular weight excluding hydrogens is 259 g/mol. The lowest BCUT2D eigenvalue weighted by Crippen LogP contribution is -2.17. The molecule has 2 aromatic rings. The van der Waals surface area contributed by atoms with E-state index in [0.717, 1.165) is 29.4 Å². The van der Waals surface area contributed by atoms with Crippen LogP contribution in [0.3, 0.4) is 0 Å². The third kappa shape index (κ3) is 3.70. The molecule has 4 nitrogen and oxygen atoms in total.